The van der Waals surface area contributed by atoms with Crippen molar-refractivity contribution in [1.82, 2.24) is 4.98 Å². The van der Waals surface area contributed by atoms with Crippen molar-refractivity contribution < 1.29 is 19.6 Å². The minimum absolute atomic E-state index is 0.0497. The van der Waals surface area contributed by atoms with Crippen LogP contribution in [0.15, 0.2) is 41.4 Å². The van der Waals surface area contributed by atoms with Crippen molar-refractivity contribution in [2.75, 3.05) is 5.75 Å². The Morgan fingerprint density at radius 1 is 1.35 bits per heavy atom. The Balaban J connectivity index is 2.17. The largest absolute Gasteiger partial charge is 0.481 e. The van der Waals surface area contributed by atoms with E-state index in [0.717, 1.165) is 10.9 Å². The van der Waals surface area contributed by atoms with Crippen LogP contribution in [0.4, 0.5) is 0 Å². The maximum absolute atomic E-state index is 11.5. The summed E-state index contributed by atoms with van der Waals surface area (Å²) in [6.45, 7) is 1.84. The van der Waals surface area contributed by atoms with Crippen LogP contribution in [0.2, 0.25) is 0 Å². The normalized spacial score (nSPS) is 15.7. The van der Waals surface area contributed by atoms with Crippen molar-refractivity contribution in [3.8, 4) is 0 Å². The van der Waals surface area contributed by atoms with Crippen LogP contribution in [-0.2, 0) is 9.36 Å². The van der Waals surface area contributed by atoms with Crippen molar-refractivity contribution in [2.45, 2.75) is 30.1 Å². The fourth-order valence-corrected chi connectivity index (χ4v) is 4.31. The maximum Gasteiger partial charge on any atom is 0.309 e. The summed E-state index contributed by atoms with van der Waals surface area (Å²) in [5.74, 6) is -2.08. The zero-order valence-electron chi connectivity index (χ0n) is 12.8. The highest BCUT2D eigenvalue weighted by atomic mass is 32.2. The molecule has 5 nitrogen and oxygen atoms in total. The topological polar surface area (TPSA) is 87.5 Å². The molecule has 0 amide bonds. The first kappa shape index (κ1) is 18.0. The van der Waals surface area contributed by atoms with Gasteiger partial charge in [0.2, 0.25) is 0 Å². The number of para-hydroxylation sites is 1. The Bertz CT molecular complexity index is 711. The van der Waals surface area contributed by atoms with Crippen LogP contribution in [0.5, 0.6) is 0 Å². The first-order valence-electron chi connectivity index (χ1n) is 7.40. The van der Waals surface area contributed by atoms with E-state index in [1.807, 2.05) is 43.3 Å². The number of carboxylic acid groups (broad SMARTS) is 1. The van der Waals surface area contributed by atoms with Gasteiger partial charge in [-0.05, 0) is 18.6 Å². The van der Waals surface area contributed by atoms with Gasteiger partial charge in [0.15, 0.2) is 0 Å². The molecule has 0 aliphatic carbocycles. The van der Waals surface area contributed by atoms with Crippen LogP contribution < -0.4 is 0 Å². The molecule has 0 radical (unpaired) electrons. The van der Waals surface area contributed by atoms with Gasteiger partial charge in [-0.25, -0.2) is 4.98 Å². The van der Waals surface area contributed by atoms with E-state index in [-0.39, 0.29) is 5.75 Å². The Hall–Kier alpha value is -1.36. The lowest BCUT2D eigenvalue weighted by molar-refractivity contribution is -0.146. The van der Waals surface area contributed by atoms with Gasteiger partial charge >= 0.3 is 5.97 Å². The van der Waals surface area contributed by atoms with Crippen molar-refractivity contribution in [2.24, 2.45) is 5.92 Å². The van der Waals surface area contributed by atoms with Crippen LogP contribution in [0.25, 0.3) is 10.9 Å². The maximum atomic E-state index is 11.5. The molecule has 1 aromatic carbocycles. The number of aliphatic hydroxyl groups is 1. The first-order valence-corrected chi connectivity index (χ1v) is 9.43. The van der Waals surface area contributed by atoms with E-state index in [9.17, 15) is 19.6 Å². The zero-order chi connectivity index (χ0) is 16.9. The summed E-state index contributed by atoms with van der Waals surface area (Å²) < 4.78 is 11.5. The average molecular weight is 353 g/mol. The molecular weight excluding hydrogens is 333 g/mol. The number of fused-ring (bicyclic) bond motifs is 1. The number of nitrogens with zero attached hydrogens (tertiary/aromatic N) is 1. The Labute approximate surface area is 140 Å². The summed E-state index contributed by atoms with van der Waals surface area (Å²) in [4.78, 5) is 15.8. The van der Waals surface area contributed by atoms with Gasteiger partial charge in [-0.15, -0.1) is 11.8 Å². The zero-order valence-corrected chi connectivity index (χ0v) is 14.8. The number of pyridine rings is 1. The number of hydrogen-bond acceptors (Lipinski definition) is 5. The third-order valence-corrected chi connectivity index (χ3v) is 6.15. The van der Waals surface area contributed by atoms with E-state index in [4.69, 9.17) is 0 Å². The second kappa shape index (κ2) is 7.95. The minimum atomic E-state index is -1.69. The van der Waals surface area contributed by atoms with E-state index in [1.165, 1.54) is 11.8 Å². The Morgan fingerprint density at radius 3 is 2.74 bits per heavy atom. The molecule has 3 atom stereocenters. The Kier molecular flexibility index (Phi) is 6.22. The molecule has 0 aliphatic rings. The summed E-state index contributed by atoms with van der Waals surface area (Å²) >= 11 is 1.23. The summed E-state index contributed by atoms with van der Waals surface area (Å²) in [6.07, 6.45) is 0.907. The quantitative estimate of drug-likeness (QED) is 0.559. The smallest absolute Gasteiger partial charge is 0.309 e. The second-order valence-corrected chi connectivity index (χ2v) is 7.65. The molecule has 0 spiro atoms. The molecule has 23 heavy (non-hydrogen) atoms. The van der Waals surface area contributed by atoms with Gasteiger partial charge in [0.1, 0.15) is 5.34 Å². The van der Waals surface area contributed by atoms with E-state index in [0.29, 0.717) is 17.9 Å². The number of hydrogen-bond donors (Lipinski definition) is 2. The number of carbonyl (C=O) groups is 1. The van der Waals surface area contributed by atoms with Crippen molar-refractivity contribution in [3.63, 3.8) is 0 Å². The molecule has 0 fully saturated rings. The average Bonchev–Trinajstić information content (AvgIpc) is 2.57. The van der Waals surface area contributed by atoms with Crippen molar-refractivity contribution in [3.05, 3.63) is 36.4 Å². The molecule has 1 heterocycles. The van der Waals surface area contributed by atoms with Gasteiger partial charge in [0, 0.05) is 11.1 Å². The molecule has 2 rings (SSSR count). The van der Waals surface area contributed by atoms with Crippen molar-refractivity contribution in [1.29, 1.82) is 0 Å². The lowest BCUT2D eigenvalue weighted by Gasteiger charge is -2.28. The molecule has 3 unspecified atom stereocenters. The summed E-state index contributed by atoms with van der Waals surface area (Å²) in [5.41, 5.74) is 0.832. The molecule has 7 heteroatoms. The van der Waals surface area contributed by atoms with Gasteiger partial charge < -0.3 is 14.8 Å². The van der Waals surface area contributed by atoms with Gasteiger partial charge in [-0.3, -0.25) is 4.79 Å². The number of rotatable bonds is 8. The standard InChI is InChI=1S/C16H20NO4PS/c1-2-5-12(15(18)19)16(20,22-21)10-23-14-9-8-11-6-3-4-7-13(11)17-14/h3-4,6-9,12,20H,2,5,10,22H2,1H3,(H,18,19). The number of thioether (sulfide) groups is 1. The van der Waals surface area contributed by atoms with Crippen LogP contribution in [0.1, 0.15) is 19.8 Å². The number of benzene rings is 1. The molecule has 2 aromatic rings. The number of aromatic nitrogens is 1. The van der Waals surface area contributed by atoms with E-state index in [2.05, 4.69) is 4.98 Å². The number of carboxylic acids is 1. The fraction of sp³-hybridized carbons (Fsp3) is 0.375. The second-order valence-electron chi connectivity index (χ2n) is 5.42. The molecule has 0 bridgehead atoms. The lowest BCUT2D eigenvalue weighted by Crippen LogP contribution is -2.39. The SMILES string of the molecule is CCCC(C(=O)O)C(O)(CSc1ccc2ccccc2n1)[PH2]=O. The summed E-state index contributed by atoms with van der Waals surface area (Å²) in [7, 11) is -1.63. The molecular formula is C16H20NO4PS. The number of aliphatic carboxylic acids is 1. The molecule has 0 saturated heterocycles. The third-order valence-electron chi connectivity index (χ3n) is 3.71. The summed E-state index contributed by atoms with van der Waals surface area (Å²) in [5, 5.41) is 19.8. The first-order chi connectivity index (χ1) is 11.0. The van der Waals surface area contributed by atoms with E-state index < -0.39 is 25.7 Å². The van der Waals surface area contributed by atoms with Gasteiger partial charge in [0.05, 0.1) is 24.9 Å². The van der Waals surface area contributed by atoms with Crippen LogP contribution in [-0.4, -0.2) is 32.3 Å². The molecule has 2 N–H and O–H groups in total. The van der Waals surface area contributed by atoms with Crippen LogP contribution in [0.3, 0.4) is 0 Å². The van der Waals surface area contributed by atoms with Crippen LogP contribution >= 0.6 is 20.2 Å². The fourth-order valence-electron chi connectivity index (χ4n) is 2.41. The molecule has 124 valence electrons. The van der Waals surface area contributed by atoms with Gasteiger partial charge in [-0.2, -0.15) is 0 Å². The lowest BCUT2D eigenvalue weighted by atomic mass is 9.98. The minimum Gasteiger partial charge on any atom is -0.481 e. The van der Waals surface area contributed by atoms with Gasteiger partial charge in [0.25, 0.3) is 0 Å². The van der Waals surface area contributed by atoms with Crippen molar-refractivity contribution >= 4 is 37.1 Å². The molecule has 0 saturated carbocycles. The highest BCUT2D eigenvalue weighted by Crippen LogP contribution is 2.37. The van der Waals surface area contributed by atoms with E-state index in [1.54, 1.807) is 0 Å². The predicted octanol–water partition coefficient (Wildman–Crippen LogP) is 3.27. The predicted molar refractivity (Wildman–Crippen MR) is 93.8 cm³/mol. The van der Waals surface area contributed by atoms with Gasteiger partial charge in [-0.1, -0.05) is 37.6 Å². The molecule has 1 aromatic heterocycles. The monoisotopic (exact) mass is 353 g/mol. The van der Waals surface area contributed by atoms with Crippen LogP contribution in [0, 0.1) is 5.92 Å². The highest BCUT2D eigenvalue weighted by Gasteiger charge is 2.40. The Morgan fingerprint density at radius 2 is 2.09 bits per heavy atom. The summed E-state index contributed by atoms with van der Waals surface area (Å²) in [6, 6.07) is 11.4. The third kappa shape index (κ3) is 4.34. The highest BCUT2D eigenvalue weighted by molar-refractivity contribution is 7.99. The van der Waals surface area contributed by atoms with E-state index >= 15 is 0 Å². The molecule has 0 aliphatic heterocycles.